The van der Waals surface area contributed by atoms with Crippen molar-refractivity contribution in [2.45, 2.75) is 38.7 Å². The second-order valence-electron chi connectivity index (χ2n) is 7.63. The molecule has 0 saturated carbocycles. The number of hydrogen-bond donors (Lipinski definition) is 5. The predicted molar refractivity (Wildman–Crippen MR) is 108 cm³/mol. The lowest BCUT2D eigenvalue weighted by Gasteiger charge is -2.30. The van der Waals surface area contributed by atoms with Crippen LogP contribution in [0.25, 0.3) is 0 Å². The number of nitrogens with zero attached hydrogens (tertiary/aromatic N) is 1. The van der Waals surface area contributed by atoms with Crippen molar-refractivity contribution in [3.63, 3.8) is 0 Å². The maximum Gasteiger partial charge on any atom is 0.475 e. The number of carbonyl (C=O) groups is 2. The Hall–Kier alpha value is -2.30. The lowest BCUT2D eigenvalue weighted by molar-refractivity contribution is -0.123. The first-order valence-corrected chi connectivity index (χ1v) is 9.84. The maximum absolute atomic E-state index is 12.9. The van der Waals surface area contributed by atoms with Crippen molar-refractivity contribution in [1.29, 1.82) is 0 Å². The number of urea groups is 1. The van der Waals surface area contributed by atoms with E-state index in [-0.39, 0.29) is 24.1 Å². The van der Waals surface area contributed by atoms with Crippen LogP contribution in [0.15, 0.2) is 24.3 Å². The summed E-state index contributed by atoms with van der Waals surface area (Å²) in [5.74, 6) is -1.10. The van der Waals surface area contributed by atoms with Crippen LogP contribution in [-0.2, 0) is 16.0 Å². The minimum atomic E-state index is -1.70. The molecule has 1 aromatic carbocycles. The number of carbonyl (C=O) groups excluding carboxylic acids is 2. The highest BCUT2D eigenvalue weighted by atomic mass is 16.5. The molecule has 0 spiro atoms. The van der Waals surface area contributed by atoms with Crippen LogP contribution < -0.4 is 10.6 Å². The molecule has 29 heavy (non-hydrogen) atoms. The van der Waals surface area contributed by atoms with E-state index in [1.54, 1.807) is 17.0 Å². The van der Waals surface area contributed by atoms with Crippen LogP contribution in [0.1, 0.15) is 25.8 Å². The molecule has 2 atom stereocenters. The van der Waals surface area contributed by atoms with E-state index < -0.39 is 25.0 Å². The highest BCUT2D eigenvalue weighted by Gasteiger charge is 2.31. The molecule has 0 radical (unpaired) electrons. The first-order valence-electron chi connectivity index (χ1n) is 9.84. The molecule has 1 heterocycles. The fourth-order valence-electron chi connectivity index (χ4n) is 3.13. The van der Waals surface area contributed by atoms with E-state index in [1.165, 1.54) is 12.1 Å². The van der Waals surface area contributed by atoms with Gasteiger partial charge in [0.25, 0.3) is 0 Å². The summed E-state index contributed by atoms with van der Waals surface area (Å²) in [6.07, 6.45) is 0.574. The lowest BCUT2D eigenvalue weighted by atomic mass is 9.75. The van der Waals surface area contributed by atoms with E-state index in [0.29, 0.717) is 32.7 Å². The summed E-state index contributed by atoms with van der Waals surface area (Å²) in [6.45, 7) is 5.57. The number of aromatic hydroxyl groups is 1. The molecule has 0 aromatic heterocycles. The van der Waals surface area contributed by atoms with Gasteiger partial charge in [0, 0.05) is 19.5 Å². The third-order valence-corrected chi connectivity index (χ3v) is 4.70. The van der Waals surface area contributed by atoms with Crippen LogP contribution >= 0.6 is 0 Å². The number of phenolic OH excluding ortho intramolecular Hbond substituents is 1. The van der Waals surface area contributed by atoms with Gasteiger partial charge in [-0.15, -0.1) is 0 Å². The third kappa shape index (κ3) is 7.56. The Morgan fingerprint density at radius 2 is 1.76 bits per heavy atom. The van der Waals surface area contributed by atoms with Crippen molar-refractivity contribution in [1.82, 2.24) is 15.5 Å². The summed E-state index contributed by atoms with van der Waals surface area (Å²) < 4.78 is 5.24. The van der Waals surface area contributed by atoms with Gasteiger partial charge in [-0.1, -0.05) is 26.0 Å². The molecule has 1 aromatic rings. The monoisotopic (exact) mass is 407 g/mol. The predicted octanol–water partition coefficient (Wildman–Crippen LogP) is -0.112. The van der Waals surface area contributed by atoms with Crippen LogP contribution in [-0.4, -0.2) is 77.4 Å². The van der Waals surface area contributed by atoms with E-state index in [2.05, 4.69) is 10.6 Å². The SMILES string of the molecule is CC(C)C[C@H](NC(=O)[C@H](Cc1ccc(O)cc1)NC(=O)N1CCOCC1)B(O)O. The highest BCUT2D eigenvalue weighted by Crippen LogP contribution is 2.13. The number of amides is 3. The molecular formula is C19H30BN3O6. The summed E-state index contributed by atoms with van der Waals surface area (Å²) in [6, 6.07) is 5.06. The zero-order valence-electron chi connectivity index (χ0n) is 16.9. The first-order chi connectivity index (χ1) is 13.8. The average molecular weight is 407 g/mol. The van der Waals surface area contributed by atoms with E-state index in [0.717, 1.165) is 5.56 Å². The molecule has 2 rings (SSSR count). The molecule has 10 heteroatoms. The minimum Gasteiger partial charge on any atom is -0.508 e. The van der Waals surface area contributed by atoms with Crippen molar-refractivity contribution in [3.8, 4) is 5.75 Å². The van der Waals surface area contributed by atoms with Crippen LogP contribution in [0, 0.1) is 5.92 Å². The van der Waals surface area contributed by atoms with Crippen LogP contribution in [0.4, 0.5) is 4.79 Å². The number of phenols is 1. The smallest absolute Gasteiger partial charge is 0.475 e. The van der Waals surface area contributed by atoms with Gasteiger partial charge in [-0.3, -0.25) is 4.79 Å². The number of morpholine rings is 1. The van der Waals surface area contributed by atoms with Crippen molar-refractivity contribution in [3.05, 3.63) is 29.8 Å². The average Bonchev–Trinajstić information content (AvgIpc) is 2.68. The molecule has 1 aliphatic rings. The normalized spacial score (nSPS) is 16.2. The van der Waals surface area contributed by atoms with Gasteiger partial charge < -0.3 is 35.4 Å². The Kier molecular flexibility index (Phi) is 8.75. The molecule has 1 fully saturated rings. The Morgan fingerprint density at radius 3 is 2.31 bits per heavy atom. The first kappa shape index (κ1) is 23.0. The summed E-state index contributed by atoms with van der Waals surface area (Å²) in [7, 11) is -1.70. The summed E-state index contributed by atoms with van der Waals surface area (Å²) in [4.78, 5) is 27.1. The number of nitrogens with one attached hydrogen (secondary N) is 2. The molecule has 3 amide bonds. The van der Waals surface area contributed by atoms with Crippen LogP contribution in [0.2, 0.25) is 0 Å². The topological polar surface area (TPSA) is 131 Å². The Balaban J connectivity index is 2.11. The van der Waals surface area contributed by atoms with Gasteiger partial charge in [0.05, 0.1) is 19.2 Å². The molecule has 9 nitrogen and oxygen atoms in total. The highest BCUT2D eigenvalue weighted by molar-refractivity contribution is 6.43. The van der Waals surface area contributed by atoms with E-state index in [9.17, 15) is 24.7 Å². The summed E-state index contributed by atoms with van der Waals surface area (Å²) in [5, 5.41) is 34.0. The molecule has 0 unspecified atom stereocenters. The molecule has 0 bridgehead atoms. The van der Waals surface area contributed by atoms with Gasteiger partial charge in [-0.05, 0) is 30.0 Å². The number of ether oxygens (including phenoxy) is 1. The van der Waals surface area contributed by atoms with E-state index in [1.807, 2.05) is 13.8 Å². The second-order valence-corrected chi connectivity index (χ2v) is 7.63. The van der Waals surface area contributed by atoms with Gasteiger partial charge in [0.2, 0.25) is 5.91 Å². The van der Waals surface area contributed by atoms with Crippen molar-refractivity contribution >= 4 is 19.1 Å². The number of rotatable bonds is 8. The fraction of sp³-hybridized carbons (Fsp3) is 0.579. The number of hydrogen-bond acceptors (Lipinski definition) is 6. The minimum absolute atomic E-state index is 0.104. The molecule has 5 N–H and O–H groups in total. The zero-order valence-corrected chi connectivity index (χ0v) is 16.9. The van der Waals surface area contributed by atoms with Gasteiger partial charge in [0.15, 0.2) is 0 Å². The number of benzene rings is 1. The maximum atomic E-state index is 12.9. The fourth-order valence-corrected chi connectivity index (χ4v) is 3.13. The van der Waals surface area contributed by atoms with Crippen molar-refractivity contribution in [2.75, 3.05) is 26.3 Å². The van der Waals surface area contributed by atoms with E-state index in [4.69, 9.17) is 4.74 Å². The quantitative estimate of drug-likeness (QED) is 0.382. The standard InChI is InChI=1S/C19H30BN3O6/c1-13(2)11-17(20(27)28)22-18(25)16(12-14-3-5-15(24)6-4-14)21-19(26)23-7-9-29-10-8-23/h3-6,13,16-17,24,27-28H,7-12H2,1-2H3,(H,21,26)(H,22,25)/t16-,17-/m0/s1. The summed E-state index contributed by atoms with van der Waals surface area (Å²) in [5.41, 5.74) is 0.746. The molecule has 160 valence electrons. The largest absolute Gasteiger partial charge is 0.508 e. The second kappa shape index (κ2) is 11.0. The Bertz CT molecular complexity index is 664. The van der Waals surface area contributed by atoms with Crippen molar-refractivity contribution < 1.29 is 29.5 Å². The van der Waals surface area contributed by atoms with Gasteiger partial charge >= 0.3 is 13.1 Å². The molecular weight excluding hydrogens is 377 g/mol. The molecule has 1 saturated heterocycles. The Morgan fingerprint density at radius 1 is 1.14 bits per heavy atom. The third-order valence-electron chi connectivity index (χ3n) is 4.70. The van der Waals surface area contributed by atoms with Gasteiger partial charge in [0.1, 0.15) is 11.8 Å². The van der Waals surface area contributed by atoms with Crippen LogP contribution in [0.3, 0.4) is 0 Å². The zero-order chi connectivity index (χ0) is 21.4. The lowest BCUT2D eigenvalue weighted by Crippen LogP contribution is -2.57. The van der Waals surface area contributed by atoms with Gasteiger partial charge in [-0.25, -0.2) is 4.79 Å². The van der Waals surface area contributed by atoms with E-state index >= 15 is 0 Å². The van der Waals surface area contributed by atoms with Crippen LogP contribution in [0.5, 0.6) is 5.75 Å². The van der Waals surface area contributed by atoms with Crippen molar-refractivity contribution in [2.24, 2.45) is 5.92 Å². The summed E-state index contributed by atoms with van der Waals surface area (Å²) >= 11 is 0. The molecule has 0 aliphatic carbocycles. The van der Waals surface area contributed by atoms with Gasteiger partial charge in [-0.2, -0.15) is 0 Å². The Labute approximate surface area is 171 Å². The molecule has 1 aliphatic heterocycles.